The number of likely N-dealkylation sites (tertiary alicyclic amines) is 1. The van der Waals surface area contributed by atoms with E-state index >= 15 is 0 Å². The van der Waals surface area contributed by atoms with Gasteiger partial charge in [0, 0.05) is 30.8 Å². The summed E-state index contributed by atoms with van der Waals surface area (Å²) in [5.74, 6) is 0.830. The number of ether oxygens (including phenoxy) is 1. The highest BCUT2D eigenvalue weighted by Gasteiger charge is 2.25. The lowest BCUT2D eigenvalue weighted by molar-refractivity contribution is -0.117. The second-order valence-corrected chi connectivity index (χ2v) is 6.13. The summed E-state index contributed by atoms with van der Waals surface area (Å²) in [4.78, 5) is 26.1. The topological polar surface area (TPSA) is 71.8 Å². The van der Waals surface area contributed by atoms with Crippen LogP contribution in [0.25, 0.3) is 6.08 Å². The van der Waals surface area contributed by atoms with Crippen molar-refractivity contribution in [3.8, 4) is 5.75 Å². The van der Waals surface area contributed by atoms with Gasteiger partial charge in [-0.2, -0.15) is 0 Å². The van der Waals surface area contributed by atoms with Crippen molar-refractivity contribution in [1.29, 1.82) is 0 Å². The van der Waals surface area contributed by atoms with Gasteiger partial charge in [-0.05, 0) is 37.1 Å². The minimum Gasteiger partial charge on any atom is -0.496 e. The Bertz CT molecular complexity index is 775. The van der Waals surface area contributed by atoms with E-state index in [-0.39, 0.29) is 17.9 Å². The van der Waals surface area contributed by atoms with Crippen molar-refractivity contribution in [3.63, 3.8) is 0 Å². The molecule has 3 rings (SSSR count). The normalized spacial score (nSPS) is 15.2. The summed E-state index contributed by atoms with van der Waals surface area (Å²) < 4.78 is 10.4. The standard InChI is InChI=1S/C20H22N2O4/c1-25-17-6-3-2-5-15(17)8-9-19(23)21-16-10-12-22(13-11-16)20(24)18-7-4-14-26-18/h2-9,14,16H,10-13H2,1H3,(H,21,23)/b9-8+. The van der Waals surface area contributed by atoms with Gasteiger partial charge in [-0.15, -0.1) is 0 Å². The van der Waals surface area contributed by atoms with Crippen LogP contribution in [0.4, 0.5) is 0 Å². The number of piperidine rings is 1. The van der Waals surface area contributed by atoms with Crippen LogP contribution < -0.4 is 10.1 Å². The zero-order chi connectivity index (χ0) is 18.4. The first-order valence-corrected chi connectivity index (χ1v) is 8.62. The lowest BCUT2D eigenvalue weighted by Gasteiger charge is -2.31. The lowest BCUT2D eigenvalue weighted by atomic mass is 10.0. The average molecular weight is 354 g/mol. The summed E-state index contributed by atoms with van der Waals surface area (Å²) in [6, 6.07) is 10.9. The van der Waals surface area contributed by atoms with Crippen LogP contribution in [0, 0.1) is 0 Å². The minimum absolute atomic E-state index is 0.0606. The molecule has 1 N–H and O–H groups in total. The predicted molar refractivity (Wildman–Crippen MR) is 97.8 cm³/mol. The van der Waals surface area contributed by atoms with E-state index < -0.39 is 0 Å². The van der Waals surface area contributed by atoms with Crippen LogP contribution in [-0.4, -0.2) is 43.0 Å². The number of hydrogen-bond donors (Lipinski definition) is 1. The zero-order valence-electron chi connectivity index (χ0n) is 14.7. The van der Waals surface area contributed by atoms with Crippen molar-refractivity contribution in [2.75, 3.05) is 20.2 Å². The van der Waals surface area contributed by atoms with E-state index in [9.17, 15) is 9.59 Å². The van der Waals surface area contributed by atoms with E-state index in [1.165, 1.54) is 12.3 Å². The largest absolute Gasteiger partial charge is 0.496 e. The third kappa shape index (κ3) is 4.33. The van der Waals surface area contributed by atoms with Gasteiger partial charge < -0.3 is 19.4 Å². The van der Waals surface area contributed by atoms with Crippen LogP contribution >= 0.6 is 0 Å². The molecule has 0 unspecified atom stereocenters. The molecule has 6 nitrogen and oxygen atoms in total. The highest BCUT2D eigenvalue weighted by atomic mass is 16.5. The van der Waals surface area contributed by atoms with Gasteiger partial charge in [0.15, 0.2) is 5.76 Å². The molecule has 0 spiro atoms. The molecule has 2 aromatic rings. The quantitative estimate of drug-likeness (QED) is 0.838. The Morgan fingerprint density at radius 1 is 1.19 bits per heavy atom. The summed E-state index contributed by atoms with van der Waals surface area (Å²) in [5.41, 5.74) is 0.851. The number of furan rings is 1. The van der Waals surface area contributed by atoms with Crippen LogP contribution in [0.3, 0.4) is 0 Å². The number of nitrogens with zero attached hydrogens (tertiary/aromatic N) is 1. The number of para-hydroxylation sites is 1. The lowest BCUT2D eigenvalue weighted by Crippen LogP contribution is -2.46. The average Bonchev–Trinajstić information content (AvgIpc) is 3.21. The van der Waals surface area contributed by atoms with Crippen LogP contribution in [0.5, 0.6) is 5.75 Å². The number of rotatable bonds is 5. The van der Waals surface area contributed by atoms with Crippen molar-refractivity contribution in [1.82, 2.24) is 10.2 Å². The molecule has 1 aliphatic rings. The number of carbonyl (C=O) groups excluding carboxylic acids is 2. The number of methoxy groups -OCH3 is 1. The zero-order valence-corrected chi connectivity index (χ0v) is 14.7. The second-order valence-electron chi connectivity index (χ2n) is 6.13. The molecule has 0 saturated carbocycles. The Labute approximate surface area is 152 Å². The molecule has 0 aliphatic carbocycles. The molecule has 6 heteroatoms. The molecule has 26 heavy (non-hydrogen) atoms. The Morgan fingerprint density at radius 2 is 1.96 bits per heavy atom. The van der Waals surface area contributed by atoms with E-state index in [1.54, 1.807) is 30.2 Å². The van der Waals surface area contributed by atoms with Crippen molar-refractivity contribution in [2.45, 2.75) is 18.9 Å². The van der Waals surface area contributed by atoms with Gasteiger partial charge in [-0.1, -0.05) is 18.2 Å². The fraction of sp³-hybridized carbons (Fsp3) is 0.300. The van der Waals surface area contributed by atoms with Gasteiger partial charge in [-0.3, -0.25) is 9.59 Å². The van der Waals surface area contributed by atoms with E-state index in [1.807, 2.05) is 24.3 Å². The highest BCUT2D eigenvalue weighted by molar-refractivity contribution is 5.92. The molecule has 1 aromatic heterocycles. The van der Waals surface area contributed by atoms with Crippen molar-refractivity contribution < 1.29 is 18.7 Å². The molecular weight excluding hydrogens is 332 g/mol. The maximum Gasteiger partial charge on any atom is 0.289 e. The monoisotopic (exact) mass is 354 g/mol. The number of carbonyl (C=O) groups is 2. The number of hydrogen-bond acceptors (Lipinski definition) is 4. The van der Waals surface area contributed by atoms with Gasteiger partial charge in [0.05, 0.1) is 13.4 Å². The molecule has 2 heterocycles. The first kappa shape index (κ1) is 17.8. The van der Waals surface area contributed by atoms with Gasteiger partial charge in [0.1, 0.15) is 5.75 Å². The van der Waals surface area contributed by atoms with Crippen LogP contribution in [-0.2, 0) is 4.79 Å². The highest BCUT2D eigenvalue weighted by Crippen LogP contribution is 2.19. The smallest absolute Gasteiger partial charge is 0.289 e. The maximum atomic E-state index is 12.2. The van der Waals surface area contributed by atoms with Crippen LogP contribution in [0.1, 0.15) is 29.0 Å². The molecule has 0 radical (unpaired) electrons. The number of nitrogens with one attached hydrogen (secondary N) is 1. The van der Waals surface area contributed by atoms with Crippen LogP contribution in [0.15, 0.2) is 53.2 Å². The molecule has 1 saturated heterocycles. The fourth-order valence-corrected chi connectivity index (χ4v) is 3.00. The molecule has 2 amide bonds. The fourth-order valence-electron chi connectivity index (χ4n) is 3.00. The summed E-state index contributed by atoms with van der Waals surface area (Å²) in [5, 5.41) is 2.99. The number of amides is 2. The van der Waals surface area contributed by atoms with Crippen molar-refractivity contribution in [2.24, 2.45) is 0 Å². The van der Waals surface area contributed by atoms with Gasteiger partial charge in [0.25, 0.3) is 5.91 Å². The molecule has 1 aromatic carbocycles. The Hall–Kier alpha value is -3.02. The first-order valence-electron chi connectivity index (χ1n) is 8.62. The summed E-state index contributed by atoms with van der Waals surface area (Å²) in [7, 11) is 1.60. The Balaban J connectivity index is 1.49. The third-order valence-corrected chi connectivity index (χ3v) is 4.41. The first-order chi connectivity index (χ1) is 12.7. The van der Waals surface area contributed by atoms with Gasteiger partial charge in [0.2, 0.25) is 5.91 Å². The predicted octanol–water partition coefficient (Wildman–Crippen LogP) is 2.72. The van der Waals surface area contributed by atoms with E-state index in [0.29, 0.717) is 18.8 Å². The van der Waals surface area contributed by atoms with Crippen molar-refractivity contribution in [3.05, 3.63) is 60.1 Å². The van der Waals surface area contributed by atoms with E-state index in [0.717, 1.165) is 24.2 Å². The molecular formula is C20H22N2O4. The summed E-state index contributed by atoms with van der Waals surface area (Å²) in [6.45, 7) is 1.20. The van der Waals surface area contributed by atoms with Gasteiger partial charge >= 0.3 is 0 Å². The molecule has 1 aliphatic heterocycles. The summed E-state index contributed by atoms with van der Waals surface area (Å²) in [6.07, 6.45) is 6.19. The molecule has 136 valence electrons. The summed E-state index contributed by atoms with van der Waals surface area (Å²) >= 11 is 0. The van der Waals surface area contributed by atoms with E-state index in [4.69, 9.17) is 9.15 Å². The molecule has 0 atom stereocenters. The van der Waals surface area contributed by atoms with Crippen molar-refractivity contribution >= 4 is 17.9 Å². The molecule has 1 fully saturated rings. The molecule has 0 bridgehead atoms. The minimum atomic E-state index is -0.147. The van der Waals surface area contributed by atoms with E-state index in [2.05, 4.69) is 5.32 Å². The van der Waals surface area contributed by atoms with Crippen LogP contribution in [0.2, 0.25) is 0 Å². The number of benzene rings is 1. The SMILES string of the molecule is COc1ccccc1/C=C/C(=O)NC1CCN(C(=O)c2ccco2)CC1. The Kier molecular flexibility index (Phi) is 5.73. The maximum absolute atomic E-state index is 12.2. The Morgan fingerprint density at radius 3 is 2.65 bits per heavy atom. The third-order valence-electron chi connectivity index (χ3n) is 4.41. The second kappa shape index (κ2) is 8.38. The van der Waals surface area contributed by atoms with Gasteiger partial charge in [-0.25, -0.2) is 0 Å².